The average Bonchev–Trinajstić information content (AvgIpc) is 3.18. The maximum absolute atomic E-state index is 12.6. The molecule has 3 aromatic rings. The van der Waals surface area contributed by atoms with Crippen LogP contribution in [0.3, 0.4) is 0 Å². The van der Waals surface area contributed by atoms with Crippen LogP contribution in [-0.4, -0.2) is 35.4 Å². The zero-order valence-corrected chi connectivity index (χ0v) is 18.1. The molecular weight excluding hydrogens is 434 g/mol. The van der Waals surface area contributed by atoms with Gasteiger partial charge in [-0.2, -0.15) is 0 Å². The summed E-state index contributed by atoms with van der Waals surface area (Å²) in [6.07, 6.45) is 1.62. The van der Waals surface area contributed by atoms with Gasteiger partial charge in [0.2, 0.25) is 5.91 Å². The molecule has 0 unspecified atom stereocenters. The fourth-order valence-corrected chi connectivity index (χ4v) is 4.43. The number of halogens is 1. The van der Waals surface area contributed by atoms with Crippen molar-refractivity contribution in [1.29, 1.82) is 0 Å². The lowest BCUT2D eigenvalue weighted by atomic mass is 10.2. The minimum atomic E-state index is -0.292. The molecule has 3 rings (SSSR count). The molecule has 0 radical (unpaired) electrons. The molecule has 0 fully saturated rings. The van der Waals surface area contributed by atoms with Crippen molar-refractivity contribution < 1.29 is 14.3 Å². The van der Waals surface area contributed by atoms with Gasteiger partial charge < -0.3 is 14.8 Å². The number of anilines is 1. The quantitative estimate of drug-likeness (QED) is 0.316. The lowest BCUT2D eigenvalue weighted by Crippen LogP contribution is -2.23. The summed E-state index contributed by atoms with van der Waals surface area (Å²) in [4.78, 5) is 29.6. The van der Waals surface area contributed by atoms with Gasteiger partial charge in [0.15, 0.2) is 5.16 Å². The Labute approximate surface area is 180 Å². The molecule has 0 saturated heterocycles. The summed E-state index contributed by atoms with van der Waals surface area (Å²) in [5.41, 5.74) is 0.900. The smallest absolute Gasteiger partial charge is 0.272 e. The van der Waals surface area contributed by atoms with Crippen molar-refractivity contribution >= 4 is 56.5 Å². The number of allylic oxidation sites excluding steroid dienone is 1. The highest BCUT2D eigenvalue weighted by Crippen LogP contribution is 2.36. The van der Waals surface area contributed by atoms with Crippen molar-refractivity contribution in [2.75, 3.05) is 25.3 Å². The second-order valence-corrected chi connectivity index (χ2v) is 8.02. The first-order valence-corrected chi connectivity index (χ1v) is 10.7. The van der Waals surface area contributed by atoms with E-state index in [0.717, 1.165) is 0 Å². The van der Waals surface area contributed by atoms with Crippen LogP contribution in [0.25, 0.3) is 10.2 Å². The Bertz CT molecular complexity index is 1130. The molecule has 29 heavy (non-hydrogen) atoms. The molecule has 0 atom stereocenters. The Hall–Kier alpha value is -2.49. The van der Waals surface area contributed by atoms with Crippen molar-refractivity contribution in [3.8, 4) is 11.5 Å². The van der Waals surface area contributed by atoms with Gasteiger partial charge in [0.25, 0.3) is 5.56 Å². The Morgan fingerprint density at radius 1 is 1.38 bits per heavy atom. The molecule has 1 N–H and O–H groups in total. The standard InChI is InChI=1S/C19H18ClN3O4S2/c1-4-6-23-18(25)17-12(5-7-28-17)22-19(23)29-10-16(24)21-13-8-11(20)14(26-2)9-15(13)27-3/h4-5,7-9H,1,6,10H2,2-3H3,(H,21,24). The second-order valence-electron chi connectivity index (χ2n) is 5.76. The Morgan fingerprint density at radius 3 is 2.83 bits per heavy atom. The van der Waals surface area contributed by atoms with Crippen LogP contribution in [0.15, 0.2) is 46.2 Å². The highest BCUT2D eigenvalue weighted by Gasteiger charge is 2.16. The van der Waals surface area contributed by atoms with Gasteiger partial charge in [-0.3, -0.25) is 14.2 Å². The minimum Gasteiger partial charge on any atom is -0.495 e. The van der Waals surface area contributed by atoms with Gasteiger partial charge in [-0.1, -0.05) is 29.4 Å². The molecule has 152 valence electrons. The third kappa shape index (κ3) is 4.58. The lowest BCUT2D eigenvalue weighted by Gasteiger charge is -2.13. The molecule has 7 nitrogen and oxygen atoms in total. The van der Waals surface area contributed by atoms with E-state index in [4.69, 9.17) is 21.1 Å². The molecule has 0 bridgehead atoms. The number of nitrogens with one attached hydrogen (secondary N) is 1. The molecule has 1 amide bonds. The van der Waals surface area contributed by atoms with Crippen LogP contribution >= 0.6 is 34.7 Å². The summed E-state index contributed by atoms with van der Waals surface area (Å²) in [6, 6.07) is 4.94. The Morgan fingerprint density at radius 2 is 2.14 bits per heavy atom. The first-order chi connectivity index (χ1) is 14.0. The third-order valence-electron chi connectivity index (χ3n) is 3.92. The van der Waals surface area contributed by atoms with E-state index in [9.17, 15) is 9.59 Å². The summed E-state index contributed by atoms with van der Waals surface area (Å²) < 4.78 is 12.5. The molecule has 0 aliphatic carbocycles. The predicted molar refractivity (Wildman–Crippen MR) is 118 cm³/mol. The fourth-order valence-electron chi connectivity index (χ4n) is 2.60. The number of thioether (sulfide) groups is 1. The Balaban J connectivity index is 1.79. The number of aromatic nitrogens is 2. The van der Waals surface area contributed by atoms with Crippen molar-refractivity contribution in [3.05, 3.63) is 51.6 Å². The van der Waals surface area contributed by atoms with Crippen molar-refractivity contribution in [2.24, 2.45) is 0 Å². The predicted octanol–water partition coefficient (Wildman–Crippen LogP) is 4.05. The fraction of sp³-hybridized carbons (Fsp3) is 0.211. The number of nitrogens with zero attached hydrogens (tertiary/aromatic N) is 2. The zero-order chi connectivity index (χ0) is 21.0. The highest BCUT2D eigenvalue weighted by atomic mass is 35.5. The first kappa shape index (κ1) is 21.2. The summed E-state index contributed by atoms with van der Waals surface area (Å²) in [5, 5.41) is 5.38. The van der Waals surface area contributed by atoms with Crippen molar-refractivity contribution in [1.82, 2.24) is 9.55 Å². The van der Waals surface area contributed by atoms with Crippen LogP contribution in [-0.2, 0) is 11.3 Å². The van der Waals surface area contributed by atoms with E-state index in [1.807, 2.05) is 5.38 Å². The van der Waals surface area contributed by atoms with Crippen LogP contribution in [0.1, 0.15) is 0 Å². The van der Waals surface area contributed by atoms with Gasteiger partial charge in [0, 0.05) is 12.6 Å². The number of carbonyl (C=O) groups excluding carboxylic acids is 1. The summed E-state index contributed by atoms with van der Waals surface area (Å²) in [6.45, 7) is 4.00. The van der Waals surface area contributed by atoms with E-state index >= 15 is 0 Å². The maximum Gasteiger partial charge on any atom is 0.272 e. The summed E-state index contributed by atoms with van der Waals surface area (Å²) >= 11 is 8.65. The van der Waals surface area contributed by atoms with Gasteiger partial charge >= 0.3 is 0 Å². The number of carbonyl (C=O) groups is 1. The molecule has 0 saturated carbocycles. The average molecular weight is 452 g/mol. The second kappa shape index (κ2) is 9.34. The van der Waals surface area contributed by atoms with Gasteiger partial charge in [-0.05, 0) is 17.5 Å². The number of amides is 1. The monoisotopic (exact) mass is 451 g/mol. The number of ether oxygens (including phenoxy) is 2. The minimum absolute atomic E-state index is 0.0476. The van der Waals surface area contributed by atoms with Crippen LogP contribution in [0.2, 0.25) is 5.02 Å². The molecular formula is C19H18ClN3O4S2. The molecule has 0 aliphatic heterocycles. The van der Waals surface area contributed by atoms with E-state index < -0.39 is 0 Å². The number of methoxy groups -OCH3 is 2. The maximum atomic E-state index is 12.6. The van der Waals surface area contributed by atoms with Gasteiger partial charge in [0.05, 0.1) is 36.2 Å². The van der Waals surface area contributed by atoms with E-state index in [2.05, 4.69) is 16.9 Å². The van der Waals surface area contributed by atoms with Crippen LogP contribution in [0.4, 0.5) is 5.69 Å². The van der Waals surface area contributed by atoms with Crippen LogP contribution < -0.4 is 20.3 Å². The molecule has 0 spiro atoms. The lowest BCUT2D eigenvalue weighted by molar-refractivity contribution is -0.113. The molecule has 2 heterocycles. The zero-order valence-electron chi connectivity index (χ0n) is 15.7. The van der Waals surface area contributed by atoms with Crippen molar-refractivity contribution in [3.63, 3.8) is 0 Å². The topological polar surface area (TPSA) is 82.5 Å². The molecule has 1 aromatic carbocycles. The van der Waals surface area contributed by atoms with Crippen LogP contribution in [0.5, 0.6) is 11.5 Å². The van der Waals surface area contributed by atoms with Gasteiger partial charge in [-0.15, -0.1) is 17.9 Å². The van der Waals surface area contributed by atoms with Gasteiger partial charge in [0.1, 0.15) is 16.2 Å². The normalized spacial score (nSPS) is 10.7. The number of hydrogen-bond donors (Lipinski definition) is 1. The number of thiophene rings is 1. The van der Waals surface area contributed by atoms with E-state index in [1.165, 1.54) is 41.9 Å². The molecule has 0 aliphatic rings. The van der Waals surface area contributed by atoms with Gasteiger partial charge in [-0.25, -0.2) is 4.98 Å². The van der Waals surface area contributed by atoms with E-state index in [-0.39, 0.29) is 17.2 Å². The Kier molecular flexibility index (Phi) is 6.83. The molecule has 2 aromatic heterocycles. The number of rotatable bonds is 8. The third-order valence-corrected chi connectivity index (χ3v) is 6.09. The van der Waals surface area contributed by atoms with Crippen LogP contribution in [0, 0.1) is 0 Å². The number of fused-ring (bicyclic) bond motifs is 1. The number of hydrogen-bond acceptors (Lipinski definition) is 7. The van der Waals surface area contributed by atoms with E-state index in [0.29, 0.717) is 44.1 Å². The van der Waals surface area contributed by atoms with Crippen molar-refractivity contribution in [2.45, 2.75) is 11.7 Å². The summed E-state index contributed by atoms with van der Waals surface area (Å²) in [5.74, 6) is 0.620. The number of benzene rings is 1. The molecule has 10 heteroatoms. The SMILES string of the molecule is C=CCn1c(SCC(=O)Nc2cc(Cl)c(OC)cc2OC)nc2ccsc2c1=O. The largest absolute Gasteiger partial charge is 0.495 e. The summed E-state index contributed by atoms with van der Waals surface area (Å²) in [7, 11) is 2.98. The first-order valence-electron chi connectivity index (χ1n) is 8.41. The van der Waals surface area contributed by atoms with E-state index in [1.54, 1.807) is 24.3 Å². The highest BCUT2D eigenvalue weighted by molar-refractivity contribution is 7.99.